The molecule has 4 nitrogen and oxygen atoms in total. The Morgan fingerprint density at radius 2 is 1.85 bits per heavy atom. The summed E-state index contributed by atoms with van der Waals surface area (Å²) in [5.74, 6) is -0.405. The maximum absolute atomic E-state index is 14.6. The van der Waals surface area contributed by atoms with Gasteiger partial charge in [0.15, 0.2) is 11.5 Å². The van der Waals surface area contributed by atoms with Crippen LogP contribution in [-0.4, -0.2) is 36.2 Å². The van der Waals surface area contributed by atoms with Crippen molar-refractivity contribution in [1.29, 1.82) is 0 Å². The lowest BCUT2D eigenvalue weighted by Gasteiger charge is -2.27. The number of hydrogen-bond donors (Lipinski definition) is 0. The Morgan fingerprint density at radius 3 is 2.59 bits per heavy atom. The Morgan fingerprint density at radius 1 is 1.11 bits per heavy atom. The first-order valence-electron chi connectivity index (χ1n) is 9.14. The normalized spacial score (nSPS) is 20.7. The molecule has 2 aliphatic heterocycles. The van der Waals surface area contributed by atoms with Crippen LogP contribution in [0, 0.1) is 23.4 Å². The summed E-state index contributed by atoms with van der Waals surface area (Å²) >= 11 is 0. The Balaban J connectivity index is 1.45. The van der Waals surface area contributed by atoms with Crippen LogP contribution < -0.4 is 9.47 Å². The highest BCUT2D eigenvalue weighted by molar-refractivity contribution is 5.45. The summed E-state index contributed by atoms with van der Waals surface area (Å²) in [6, 6.07) is 3.81. The van der Waals surface area contributed by atoms with Gasteiger partial charge in [-0.2, -0.15) is 0 Å². The van der Waals surface area contributed by atoms with Gasteiger partial charge >= 0.3 is 0 Å². The summed E-state index contributed by atoms with van der Waals surface area (Å²) in [5.41, 5.74) is 0.840. The van der Waals surface area contributed by atoms with Gasteiger partial charge < -0.3 is 9.47 Å². The van der Waals surface area contributed by atoms with Gasteiger partial charge in [-0.05, 0) is 38.3 Å². The Kier molecular flexibility index (Phi) is 4.95. The molecule has 0 unspecified atom stereocenters. The monoisotopic (exact) mass is 378 g/mol. The lowest BCUT2D eigenvalue weighted by Crippen LogP contribution is -2.26. The second-order valence-corrected chi connectivity index (χ2v) is 7.13. The molecule has 144 valence electrons. The van der Waals surface area contributed by atoms with Gasteiger partial charge in [-0.3, -0.25) is 9.88 Å². The van der Waals surface area contributed by atoms with Gasteiger partial charge in [-0.25, -0.2) is 13.2 Å². The Bertz CT molecular complexity index is 846. The minimum Gasteiger partial charge on any atom is -0.486 e. The molecular formula is C20H21F3N2O2. The van der Waals surface area contributed by atoms with Gasteiger partial charge in [-0.1, -0.05) is 0 Å². The molecule has 0 radical (unpaired) electrons. The van der Waals surface area contributed by atoms with Crippen LogP contribution in [0.2, 0.25) is 0 Å². The Labute approximate surface area is 155 Å². The van der Waals surface area contributed by atoms with Gasteiger partial charge in [0.25, 0.3) is 0 Å². The van der Waals surface area contributed by atoms with E-state index >= 15 is 0 Å². The summed E-state index contributed by atoms with van der Waals surface area (Å²) in [6.45, 7) is 4.31. The molecule has 1 saturated heterocycles. The first-order chi connectivity index (χ1) is 13.0. The number of aromatic nitrogens is 1. The number of likely N-dealkylation sites (tertiary alicyclic amines) is 1. The number of ether oxygens (including phenoxy) is 2. The number of hydrogen-bond acceptors (Lipinski definition) is 4. The number of halogens is 3. The SMILES string of the molecule is C[C@@H](c1cc2c(cc1F)OCCO2)N1CC[C@H](Cc2ncc(F)cc2F)C1. The molecule has 0 amide bonds. The van der Waals surface area contributed by atoms with Crippen molar-refractivity contribution in [1.82, 2.24) is 9.88 Å². The van der Waals surface area contributed by atoms with Crippen LogP contribution in [-0.2, 0) is 6.42 Å². The molecule has 0 bridgehead atoms. The van der Waals surface area contributed by atoms with Crippen molar-refractivity contribution in [2.24, 2.45) is 5.92 Å². The zero-order valence-electron chi connectivity index (χ0n) is 15.1. The molecule has 1 aromatic heterocycles. The molecule has 2 atom stereocenters. The van der Waals surface area contributed by atoms with Crippen molar-refractivity contribution < 1.29 is 22.6 Å². The standard InChI is InChI=1S/C20H21F3N2O2/c1-12(15-8-19-20(9-16(15)22)27-5-4-26-19)25-3-2-13(11-25)6-18-17(23)7-14(21)10-24-18/h7-10,12-13H,2-6,11H2,1H3/t12-,13+/m0/s1. The average Bonchev–Trinajstić information content (AvgIpc) is 3.11. The maximum atomic E-state index is 14.6. The summed E-state index contributed by atoms with van der Waals surface area (Å²) in [7, 11) is 0. The quantitative estimate of drug-likeness (QED) is 0.808. The van der Waals surface area contributed by atoms with Crippen molar-refractivity contribution in [3.63, 3.8) is 0 Å². The summed E-state index contributed by atoms with van der Waals surface area (Å²) in [6.07, 6.45) is 2.34. The zero-order valence-corrected chi connectivity index (χ0v) is 15.1. The second-order valence-electron chi connectivity index (χ2n) is 7.13. The summed E-state index contributed by atoms with van der Waals surface area (Å²) in [4.78, 5) is 6.04. The third-order valence-electron chi connectivity index (χ3n) is 5.34. The van der Waals surface area contributed by atoms with Crippen molar-refractivity contribution in [2.45, 2.75) is 25.8 Å². The lowest BCUT2D eigenvalue weighted by molar-refractivity contribution is 0.169. The molecule has 27 heavy (non-hydrogen) atoms. The van der Waals surface area contributed by atoms with Crippen molar-refractivity contribution in [2.75, 3.05) is 26.3 Å². The molecule has 4 rings (SSSR count). The molecule has 0 N–H and O–H groups in total. The van der Waals surface area contributed by atoms with E-state index in [1.165, 1.54) is 6.07 Å². The van der Waals surface area contributed by atoms with Crippen LogP contribution in [0.1, 0.15) is 30.6 Å². The molecular weight excluding hydrogens is 357 g/mol. The van der Waals surface area contributed by atoms with E-state index in [4.69, 9.17) is 9.47 Å². The van der Waals surface area contributed by atoms with Gasteiger partial charge in [0.1, 0.15) is 30.7 Å². The first-order valence-corrected chi connectivity index (χ1v) is 9.14. The van der Waals surface area contributed by atoms with Crippen LogP contribution in [0.4, 0.5) is 13.2 Å². The first kappa shape index (κ1) is 18.1. The van der Waals surface area contributed by atoms with Crippen LogP contribution in [0.15, 0.2) is 24.4 Å². The number of pyridine rings is 1. The van der Waals surface area contributed by atoms with Crippen molar-refractivity contribution >= 4 is 0 Å². The molecule has 7 heteroatoms. The highest BCUT2D eigenvalue weighted by Crippen LogP contribution is 2.37. The van der Waals surface area contributed by atoms with E-state index in [-0.39, 0.29) is 23.5 Å². The maximum Gasteiger partial charge on any atom is 0.164 e. The molecule has 1 fully saturated rings. The third-order valence-corrected chi connectivity index (χ3v) is 5.34. The van der Waals surface area contributed by atoms with Crippen molar-refractivity contribution in [3.05, 3.63) is 53.1 Å². The van der Waals surface area contributed by atoms with E-state index in [0.29, 0.717) is 43.2 Å². The fraction of sp³-hybridized carbons (Fsp3) is 0.450. The van der Waals surface area contributed by atoms with Gasteiger partial charge in [-0.15, -0.1) is 0 Å². The smallest absolute Gasteiger partial charge is 0.164 e. The number of benzene rings is 1. The van der Waals surface area contributed by atoms with E-state index in [1.54, 1.807) is 6.07 Å². The summed E-state index contributed by atoms with van der Waals surface area (Å²) < 4.78 is 52.4. The third kappa shape index (κ3) is 3.74. The predicted molar refractivity (Wildman–Crippen MR) is 93.3 cm³/mol. The van der Waals surface area contributed by atoms with Crippen LogP contribution in [0.5, 0.6) is 11.5 Å². The van der Waals surface area contributed by atoms with E-state index < -0.39 is 11.6 Å². The van der Waals surface area contributed by atoms with E-state index in [1.807, 2.05) is 6.92 Å². The number of fused-ring (bicyclic) bond motifs is 1. The molecule has 2 aromatic rings. The molecule has 3 heterocycles. The van der Waals surface area contributed by atoms with E-state index in [0.717, 1.165) is 25.2 Å². The number of rotatable bonds is 4. The Hall–Kier alpha value is -2.28. The minimum absolute atomic E-state index is 0.142. The topological polar surface area (TPSA) is 34.6 Å². The van der Waals surface area contributed by atoms with E-state index in [9.17, 15) is 13.2 Å². The minimum atomic E-state index is -0.674. The van der Waals surface area contributed by atoms with Crippen LogP contribution in [0.25, 0.3) is 0 Å². The van der Waals surface area contributed by atoms with Gasteiger partial charge in [0.2, 0.25) is 0 Å². The zero-order chi connectivity index (χ0) is 19.0. The number of nitrogens with zero attached hydrogens (tertiary/aromatic N) is 2. The summed E-state index contributed by atoms with van der Waals surface area (Å²) in [5, 5.41) is 0. The average molecular weight is 378 g/mol. The highest BCUT2D eigenvalue weighted by atomic mass is 19.1. The van der Waals surface area contributed by atoms with Crippen molar-refractivity contribution in [3.8, 4) is 11.5 Å². The highest BCUT2D eigenvalue weighted by Gasteiger charge is 2.30. The molecule has 0 spiro atoms. The predicted octanol–water partition coefficient (Wildman–Crippen LogP) is 3.90. The largest absolute Gasteiger partial charge is 0.486 e. The van der Waals surface area contributed by atoms with Gasteiger partial charge in [0.05, 0.1) is 11.9 Å². The lowest BCUT2D eigenvalue weighted by atomic mass is 10.0. The fourth-order valence-corrected chi connectivity index (χ4v) is 3.84. The van der Waals surface area contributed by atoms with Crippen LogP contribution >= 0.6 is 0 Å². The van der Waals surface area contributed by atoms with Gasteiger partial charge in [0, 0.05) is 30.3 Å². The molecule has 2 aliphatic rings. The molecule has 1 aromatic carbocycles. The molecule has 0 aliphatic carbocycles. The van der Waals surface area contributed by atoms with E-state index in [2.05, 4.69) is 9.88 Å². The van der Waals surface area contributed by atoms with Crippen LogP contribution in [0.3, 0.4) is 0 Å². The molecule has 0 saturated carbocycles. The second kappa shape index (κ2) is 7.38. The fourth-order valence-electron chi connectivity index (χ4n) is 3.84.